The zero-order valence-corrected chi connectivity index (χ0v) is 8.93. The lowest BCUT2D eigenvalue weighted by Gasteiger charge is -2.02. The Hall–Kier alpha value is -2.12. The van der Waals surface area contributed by atoms with Crippen LogP contribution in [0.3, 0.4) is 0 Å². The van der Waals surface area contributed by atoms with Crippen LogP contribution in [0.4, 0.5) is 11.5 Å². The molecule has 0 saturated heterocycles. The number of carboxylic acids is 1. The second kappa shape index (κ2) is 4.60. The van der Waals surface area contributed by atoms with Crippen LogP contribution in [0.2, 0.25) is 0 Å². The van der Waals surface area contributed by atoms with Gasteiger partial charge in [0.2, 0.25) is 5.82 Å². The Morgan fingerprint density at radius 1 is 1.69 bits per heavy atom. The molecule has 0 aromatic carbocycles. The van der Waals surface area contributed by atoms with Gasteiger partial charge < -0.3 is 10.4 Å². The number of hydrogen-bond donors (Lipinski definition) is 2. The van der Waals surface area contributed by atoms with E-state index in [0.29, 0.717) is 12.1 Å². The molecule has 0 aliphatic heterocycles. The Morgan fingerprint density at radius 2 is 2.31 bits per heavy atom. The van der Waals surface area contributed by atoms with Crippen LogP contribution in [0, 0.1) is 10.1 Å². The van der Waals surface area contributed by atoms with Crippen LogP contribution in [-0.4, -0.2) is 32.3 Å². The molecule has 1 aromatic heterocycles. The largest absolute Gasteiger partial charge is 0.480 e. The molecule has 0 aliphatic rings. The van der Waals surface area contributed by atoms with E-state index in [2.05, 4.69) is 10.4 Å². The predicted octanol–water partition coefficient (Wildman–Crippen LogP) is 0.387. The van der Waals surface area contributed by atoms with Gasteiger partial charge in [-0.05, 0) is 6.42 Å². The quantitative estimate of drug-likeness (QED) is 0.557. The Balaban J connectivity index is 3.10. The van der Waals surface area contributed by atoms with Crippen molar-refractivity contribution >= 4 is 17.5 Å². The molecular weight excluding hydrogens is 216 g/mol. The molecule has 0 saturated carbocycles. The van der Waals surface area contributed by atoms with Crippen LogP contribution in [0.15, 0.2) is 0 Å². The summed E-state index contributed by atoms with van der Waals surface area (Å²) in [5, 5.41) is 25.7. The fourth-order valence-corrected chi connectivity index (χ4v) is 1.36. The summed E-state index contributed by atoms with van der Waals surface area (Å²) in [5.74, 6) is -0.974. The molecule has 0 aliphatic carbocycles. The Bertz CT molecular complexity index is 426. The average Bonchev–Trinajstić information content (AvgIpc) is 2.51. The summed E-state index contributed by atoms with van der Waals surface area (Å²) in [5.41, 5.74) is 0.173. The minimum atomic E-state index is -1.09. The summed E-state index contributed by atoms with van der Waals surface area (Å²) in [6.45, 7) is 1.36. The number of aryl methyl sites for hydroxylation is 2. The molecule has 0 bridgehead atoms. The van der Waals surface area contributed by atoms with Crippen LogP contribution in [0.5, 0.6) is 0 Å². The smallest absolute Gasteiger partial charge is 0.333 e. The lowest BCUT2D eigenvalue weighted by molar-refractivity contribution is -0.384. The number of nitro groups is 1. The van der Waals surface area contributed by atoms with Crippen molar-refractivity contribution in [3.05, 3.63) is 15.8 Å². The summed E-state index contributed by atoms with van der Waals surface area (Å²) < 4.78 is 1.28. The zero-order chi connectivity index (χ0) is 12.3. The third-order valence-corrected chi connectivity index (χ3v) is 2.02. The van der Waals surface area contributed by atoms with Gasteiger partial charge in [-0.25, -0.2) is 4.68 Å². The highest BCUT2D eigenvalue weighted by Gasteiger charge is 2.25. The van der Waals surface area contributed by atoms with Gasteiger partial charge in [0.15, 0.2) is 0 Å². The number of nitrogens with zero attached hydrogens (tertiary/aromatic N) is 3. The number of carbonyl (C=O) groups is 1. The molecular formula is C8H12N4O4. The molecule has 1 rings (SSSR count). The topological polar surface area (TPSA) is 110 Å². The number of aromatic nitrogens is 2. The van der Waals surface area contributed by atoms with E-state index in [0.717, 1.165) is 0 Å². The highest BCUT2D eigenvalue weighted by Crippen LogP contribution is 2.27. The number of hydrogen-bond acceptors (Lipinski definition) is 5. The maximum absolute atomic E-state index is 10.8. The monoisotopic (exact) mass is 228 g/mol. The van der Waals surface area contributed by atoms with Gasteiger partial charge >= 0.3 is 11.7 Å². The van der Waals surface area contributed by atoms with Crippen molar-refractivity contribution in [3.63, 3.8) is 0 Å². The van der Waals surface area contributed by atoms with Crippen molar-refractivity contribution in [2.24, 2.45) is 7.05 Å². The summed E-state index contributed by atoms with van der Waals surface area (Å²) in [4.78, 5) is 20.6. The standard InChI is InChI=1S/C8H12N4O4/c1-3-5-7(12(15)16)8(11(2)10-5)9-4-6(13)14/h9H,3-4H2,1-2H3,(H,13,14). The van der Waals surface area contributed by atoms with Crippen LogP contribution in [0.25, 0.3) is 0 Å². The zero-order valence-electron chi connectivity index (χ0n) is 8.93. The molecule has 0 spiro atoms. The maximum atomic E-state index is 10.8. The van der Waals surface area contributed by atoms with E-state index in [1.54, 1.807) is 6.92 Å². The van der Waals surface area contributed by atoms with Crippen molar-refractivity contribution in [3.8, 4) is 0 Å². The number of rotatable bonds is 5. The van der Waals surface area contributed by atoms with Crippen molar-refractivity contribution < 1.29 is 14.8 Å². The third-order valence-electron chi connectivity index (χ3n) is 2.02. The minimum Gasteiger partial charge on any atom is -0.480 e. The molecule has 8 heteroatoms. The minimum absolute atomic E-state index is 0.115. The van der Waals surface area contributed by atoms with Crippen molar-refractivity contribution in [2.75, 3.05) is 11.9 Å². The van der Waals surface area contributed by atoms with Gasteiger partial charge in [-0.1, -0.05) is 6.92 Å². The molecule has 1 aromatic rings. The van der Waals surface area contributed by atoms with Crippen LogP contribution in [0.1, 0.15) is 12.6 Å². The maximum Gasteiger partial charge on any atom is 0.333 e. The predicted molar refractivity (Wildman–Crippen MR) is 55.4 cm³/mol. The first-order valence-electron chi connectivity index (χ1n) is 4.63. The highest BCUT2D eigenvalue weighted by molar-refractivity contribution is 5.74. The van der Waals surface area contributed by atoms with Gasteiger partial charge in [0.25, 0.3) is 0 Å². The third kappa shape index (κ3) is 2.27. The molecule has 0 fully saturated rings. The van der Waals surface area contributed by atoms with E-state index >= 15 is 0 Å². The van der Waals surface area contributed by atoms with Crippen molar-refractivity contribution in [1.29, 1.82) is 0 Å². The van der Waals surface area contributed by atoms with Gasteiger partial charge in [-0.2, -0.15) is 5.10 Å². The van der Waals surface area contributed by atoms with Crippen molar-refractivity contribution in [1.82, 2.24) is 9.78 Å². The first-order chi connectivity index (χ1) is 7.47. The summed E-state index contributed by atoms with van der Waals surface area (Å²) in [6.07, 6.45) is 0.416. The number of aliphatic carboxylic acids is 1. The van der Waals surface area contributed by atoms with E-state index in [9.17, 15) is 14.9 Å². The summed E-state index contributed by atoms with van der Waals surface area (Å²) in [7, 11) is 1.52. The molecule has 0 radical (unpaired) electrons. The second-order valence-electron chi connectivity index (χ2n) is 3.13. The Labute approximate surface area is 91.0 Å². The molecule has 0 atom stereocenters. The van der Waals surface area contributed by atoms with E-state index in [-0.39, 0.29) is 18.1 Å². The van der Waals surface area contributed by atoms with Crippen LogP contribution in [-0.2, 0) is 18.3 Å². The fraction of sp³-hybridized carbons (Fsp3) is 0.500. The molecule has 88 valence electrons. The summed E-state index contributed by atoms with van der Waals surface area (Å²) >= 11 is 0. The first kappa shape index (κ1) is 12.0. The Kier molecular flexibility index (Phi) is 3.44. The molecule has 2 N–H and O–H groups in total. The molecule has 16 heavy (non-hydrogen) atoms. The Morgan fingerprint density at radius 3 is 2.75 bits per heavy atom. The number of nitrogens with one attached hydrogen (secondary N) is 1. The molecule has 1 heterocycles. The average molecular weight is 228 g/mol. The fourth-order valence-electron chi connectivity index (χ4n) is 1.36. The number of carboxylic acid groups (broad SMARTS) is 1. The van der Waals surface area contributed by atoms with Gasteiger partial charge in [-0.15, -0.1) is 0 Å². The van der Waals surface area contributed by atoms with E-state index in [1.165, 1.54) is 11.7 Å². The first-order valence-corrected chi connectivity index (χ1v) is 4.63. The normalized spacial score (nSPS) is 10.1. The van der Waals surface area contributed by atoms with E-state index < -0.39 is 10.9 Å². The van der Waals surface area contributed by atoms with Gasteiger partial charge in [0, 0.05) is 7.05 Å². The van der Waals surface area contributed by atoms with E-state index in [1.807, 2.05) is 0 Å². The van der Waals surface area contributed by atoms with Crippen LogP contribution < -0.4 is 5.32 Å². The van der Waals surface area contributed by atoms with Gasteiger partial charge in [-0.3, -0.25) is 14.9 Å². The lowest BCUT2D eigenvalue weighted by atomic mass is 10.3. The lowest BCUT2D eigenvalue weighted by Crippen LogP contribution is -2.15. The number of anilines is 1. The highest BCUT2D eigenvalue weighted by atomic mass is 16.6. The van der Waals surface area contributed by atoms with E-state index in [4.69, 9.17) is 5.11 Å². The van der Waals surface area contributed by atoms with Gasteiger partial charge in [0.1, 0.15) is 12.2 Å². The summed E-state index contributed by atoms with van der Waals surface area (Å²) in [6, 6.07) is 0. The van der Waals surface area contributed by atoms with Gasteiger partial charge in [0.05, 0.1) is 4.92 Å². The van der Waals surface area contributed by atoms with Crippen molar-refractivity contribution in [2.45, 2.75) is 13.3 Å². The SMILES string of the molecule is CCc1nn(C)c(NCC(=O)O)c1[N+](=O)[O-]. The van der Waals surface area contributed by atoms with Crippen LogP contribution >= 0.6 is 0 Å². The second-order valence-corrected chi connectivity index (χ2v) is 3.13. The molecule has 0 unspecified atom stereocenters. The molecule has 0 amide bonds. The molecule has 8 nitrogen and oxygen atoms in total.